The highest BCUT2D eigenvalue weighted by Gasteiger charge is 2.48. The molecule has 1 fully saturated rings. The minimum Gasteiger partial charge on any atom is -0.481 e. The molecule has 0 spiro atoms. The standard InChI is InChI=1S/C16H28N4O8/c21-12(22)7-11-16(8-13(23)24,9-14(25)26)20(10-15(27)28)6-5-18-2-1-17-3-4-19-11/h11,17-19H,1-10H2,(H,21,22)(H,23,24)(H,25,26)(H,27,28). The van der Waals surface area contributed by atoms with Crippen LogP contribution < -0.4 is 16.0 Å². The number of hydrogen-bond donors (Lipinski definition) is 7. The first-order chi connectivity index (χ1) is 13.2. The summed E-state index contributed by atoms with van der Waals surface area (Å²) in [7, 11) is 0. The van der Waals surface area contributed by atoms with Crippen LogP contribution in [0.5, 0.6) is 0 Å². The summed E-state index contributed by atoms with van der Waals surface area (Å²) in [6, 6.07) is -1.09. The van der Waals surface area contributed by atoms with E-state index in [1.807, 2.05) is 0 Å². The third kappa shape index (κ3) is 7.76. The molecule has 0 radical (unpaired) electrons. The lowest BCUT2D eigenvalue weighted by Gasteiger charge is -2.47. The number of nitrogens with zero attached hydrogens (tertiary/aromatic N) is 1. The summed E-state index contributed by atoms with van der Waals surface area (Å²) in [4.78, 5) is 47.4. The summed E-state index contributed by atoms with van der Waals surface area (Å²) >= 11 is 0. The molecule has 12 nitrogen and oxygen atoms in total. The number of carboxylic acid groups (broad SMARTS) is 4. The van der Waals surface area contributed by atoms with Crippen molar-refractivity contribution in [3.05, 3.63) is 0 Å². The molecule has 7 N–H and O–H groups in total. The molecule has 0 bridgehead atoms. The van der Waals surface area contributed by atoms with E-state index in [2.05, 4.69) is 16.0 Å². The number of nitrogens with one attached hydrogen (secondary N) is 3. The van der Waals surface area contributed by atoms with Gasteiger partial charge in [-0.3, -0.25) is 24.1 Å². The first kappa shape index (κ1) is 23.8. The van der Waals surface area contributed by atoms with Crippen molar-refractivity contribution in [1.29, 1.82) is 0 Å². The number of carbonyl (C=O) groups is 4. The van der Waals surface area contributed by atoms with E-state index in [1.165, 1.54) is 4.90 Å². The Morgan fingerprint density at radius 2 is 1.32 bits per heavy atom. The maximum Gasteiger partial charge on any atom is 0.317 e. The largest absolute Gasteiger partial charge is 0.481 e. The van der Waals surface area contributed by atoms with E-state index in [1.54, 1.807) is 0 Å². The fraction of sp³-hybridized carbons (Fsp3) is 0.750. The van der Waals surface area contributed by atoms with Gasteiger partial charge in [0.05, 0.1) is 31.3 Å². The molecule has 0 aromatic heterocycles. The summed E-state index contributed by atoms with van der Waals surface area (Å²) in [5, 5.41) is 46.7. The maximum atomic E-state index is 11.6. The minimum atomic E-state index is -1.74. The van der Waals surface area contributed by atoms with Gasteiger partial charge >= 0.3 is 23.9 Å². The Morgan fingerprint density at radius 1 is 0.786 bits per heavy atom. The maximum absolute atomic E-state index is 11.6. The zero-order valence-electron chi connectivity index (χ0n) is 15.5. The fourth-order valence-electron chi connectivity index (χ4n) is 3.50. The Hall–Kier alpha value is -2.28. The van der Waals surface area contributed by atoms with E-state index < -0.39 is 61.3 Å². The lowest BCUT2D eigenvalue weighted by Crippen LogP contribution is -2.66. The number of carboxylic acids is 4. The van der Waals surface area contributed by atoms with Crippen molar-refractivity contribution in [2.75, 3.05) is 45.8 Å². The Balaban J connectivity index is 3.45. The van der Waals surface area contributed by atoms with Gasteiger partial charge in [-0.2, -0.15) is 0 Å². The first-order valence-corrected chi connectivity index (χ1v) is 8.94. The smallest absolute Gasteiger partial charge is 0.317 e. The lowest BCUT2D eigenvalue weighted by molar-refractivity contribution is -0.154. The third-order valence-electron chi connectivity index (χ3n) is 4.63. The second-order valence-electron chi connectivity index (χ2n) is 6.66. The predicted octanol–water partition coefficient (Wildman–Crippen LogP) is -2.31. The molecule has 1 heterocycles. The Kier molecular flexibility index (Phi) is 9.79. The van der Waals surface area contributed by atoms with Gasteiger partial charge in [0.2, 0.25) is 0 Å². The van der Waals surface area contributed by atoms with Gasteiger partial charge in [-0.05, 0) is 0 Å². The van der Waals surface area contributed by atoms with Crippen LogP contribution in [0.2, 0.25) is 0 Å². The van der Waals surface area contributed by atoms with Crippen LogP contribution in [0, 0.1) is 0 Å². The molecule has 12 heteroatoms. The van der Waals surface area contributed by atoms with Gasteiger partial charge < -0.3 is 36.4 Å². The van der Waals surface area contributed by atoms with Gasteiger partial charge in [0, 0.05) is 45.3 Å². The SMILES string of the molecule is O=C(O)CC1NCCNCCNCCN(CC(=O)O)C1(CC(=O)O)CC(=O)O. The number of rotatable bonds is 8. The predicted molar refractivity (Wildman–Crippen MR) is 96.2 cm³/mol. The van der Waals surface area contributed by atoms with Crippen molar-refractivity contribution in [1.82, 2.24) is 20.9 Å². The zero-order valence-corrected chi connectivity index (χ0v) is 15.5. The van der Waals surface area contributed by atoms with Crippen LogP contribution in [0.25, 0.3) is 0 Å². The highest BCUT2D eigenvalue weighted by molar-refractivity contribution is 5.76. The molecule has 1 aliphatic rings. The van der Waals surface area contributed by atoms with Crippen LogP contribution >= 0.6 is 0 Å². The zero-order chi connectivity index (χ0) is 21.2. The van der Waals surface area contributed by atoms with E-state index in [-0.39, 0.29) is 19.6 Å². The summed E-state index contributed by atoms with van der Waals surface area (Å²) < 4.78 is 0. The van der Waals surface area contributed by atoms with Gasteiger partial charge in [-0.1, -0.05) is 0 Å². The van der Waals surface area contributed by atoms with Gasteiger partial charge in [-0.25, -0.2) is 0 Å². The van der Waals surface area contributed by atoms with Gasteiger partial charge in [0.15, 0.2) is 0 Å². The molecular weight excluding hydrogens is 376 g/mol. The summed E-state index contributed by atoms with van der Waals surface area (Å²) in [6.45, 7) is 1.66. The van der Waals surface area contributed by atoms with Crippen LogP contribution in [-0.4, -0.2) is 107 Å². The highest BCUT2D eigenvalue weighted by Crippen LogP contribution is 2.31. The topological polar surface area (TPSA) is 189 Å². The Morgan fingerprint density at radius 3 is 1.82 bits per heavy atom. The molecule has 1 aliphatic heterocycles. The molecule has 0 aliphatic carbocycles. The fourth-order valence-corrected chi connectivity index (χ4v) is 3.50. The summed E-state index contributed by atoms with van der Waals surface area (Å²) in [6.07, 6.45) is -1.99. The third-order valence-corrected chi connectivity index (χ3v) is 4.63. The van der Waals surface area contributed by atoms with Crippen molar-refractivity contribution in [2.45, 2.75) is 30.8 Å². The Labute approximate surface area is 161 Å². The molecule has 28 heavy (non-hydrogen) atoms. The molecule has 0 aromatic carbocycles. The van der Waals surface area contributed by atoms with Crippen LogP contribution in [0.3, 0.4) is 0 Å². The van der Waals surface area contributed by atoms with Crippen molar-refractivity contribution in [2.24, 2.45) is 0 Å². The quantitative estimate of drug-likeness (QED) is 0.229. The second-order valence-corrected chi connectivity index (χ2v) is 6.66. The van der Waals surface area contributed by atoms with E-state index in [9.17, 15) is 39.6 Å². The lowest BCUT2D eigenvalue weighted by atomic mass is 9.79. The summed E-state index contributed by atoms with van der Waals surface area (Å²) in [5.41, 5.74) is -1.74. The van der Waals surface area contributed by atoms with Crippen LogP contribution in [0.1, 0.15) is 19.3 Å². The average Bonchev–Trinajstić information content (AvgIpc) is 2.54. The highest BCUT2D eigenvalue weighted by atomic mass is 16.4. The van der Waals surface area contributed by atoms with E-state index in [0.29, 0.717) is 19.6 Å². The van der Waals surface area contributed by atoms with Crippen LogP contribution in [0.15, 0.2) is 0 Å². The number of hydrogen-bond acceptors (Lipinski definition) is 8. The van der Waals surface area contributed by atoms with Gasteiger partial charge in [0.1, 0.15) is 0 Å². The van der Waals surface area contributed by atoms with Crippen molar-refractivity contribution in [3.63, 3.8) is 0 Å². The molecular formula is C16H28N4O8. The average molecular weight is 404 g/mol. The number of aliphatic carboxylic acids is 4. The van der Waals surface area contributed by atoms with Crippen molar-refractivity contribution < 1.29 is 39.6 Å². The normalized spacial score (nSPS) is 21.8. The first-order valence-electron chi connectivity index (χ1n) is 8.94. The van der Waals surface area contributed by atoms with Crippen LogP contribution in [-0.2, 0) is 19.2 Å². The van der Waals surface area contributed by atoms with Crippen molar-refractivity contribution >= 4 is 23.9 Å². The summed E-state index contributed by atoms with van der Waals surface area (Å²) in [5.74, 6) is -5.19. The monoisotopic (exact) mass is 404 g/mol. The minimum absolute atomic E-state index is 0.0463. The molecule has 0 aromatic rings. The van der Waals surface area contributed by atoms with Gasteiger partial charge in [-0.15, -0.1) is 0 Å². The van der Waals surface area contributed by atoms with E-state index in [4.69, 9.17) is 0 Å². The molecule has 1 unspecified atom stereocenters. The van der Waals surface area contributed by atoms with E-state index in [0.717, 1.165) is 0 Å². The van der Waals surface area contributed by atoms with Crippen LogP contribution in [0.4, 0.5) is 0 Å². The second kappa shape index (κ2) is 11.5. The molecule has 0 amide bonds. The molecule has 1 rings (SSSR count). The van der Waals surface area contributed by atoms with E-state index >= 15 is 0 Å². The molecule has 1 atom stereocenters. The van der Waals surface area contributed by atoms with Crippen molar-refractivity contribution in [3.8, 4) is 0 Å². The Bertz CT molecular complexity index is 523. The molecule has 1 saturated heterocycles. The molecule has 160 valence electrons. The van der Waals surface area contributed by atoms with Gasteiger partial charge in [0.25, 0.3) is 0 Å². The molecule has 0 saturated carbocycles.